The standard InChI is InChI=1S/C15H22BrN3O/c1-3-19(12-4-6-20-7-5-12)15-10(2)13(16)8-11(9-17)14(15)18/h8-9,12,17H,3-7,18H2,1-2H3. The first-order valence-electron chi connectivity index (χ1n) is 7.03. The average molecular weight is 340 g/mol. The van der Waals surface area contributed by atoms with Crippen LogP contribution in [0.25, 0.3) is 0 Å². The Labute approximate surface area is 128 Å². The molecule has 0 atom stereocenters. The highest BCUT2D eigenvalue weighted by Gasteiger charge is 2.25. The van der Waals surface area contributed by atoms with Crippen molar-refractivity contribution >= 4 is 33.5 Å². The van der Waals surface area contributed by atoms with Crippen LogP contribution in [0.5, 0.6) is 0 Å². The maximum absolute atomic E-state index is 7.53. The summed E-state index contributed by atoms with van der Waals surface area (Å²) in [5.41, 5.74) is 9.97. The van der Waals surface area contributed by atoms with Gasteiger partial charge in [-0.25, -0.2) is 0 Å². The Bertz CT molecular complexity index is 498. The fourth-order valence-electron chi connectivity index (χ4n) is 2.86. The molecular weight excluding hydrogens is 318 g/mol. The number of hydrogen-bond donors (Lipinski definition) is 2. The van der Waals surface area contributed by atoms with E-state index < -0.39 is 0 Å². The highest BCUT2D eigenvalue weighted by atomic mass is 79.9. The number of nitrogens with zero attached hydrogens (tertiary/aromatic N) is 1. The Hall–Kier alpha value is -1.07. The molecule has 20 heavy (non-hydrogen) atoms. The van der Waals surface area contributed by atoms with Crippen molar-refractivity contribution < 1.29 is 4.74 Å². The van der Waals surface area contributed by atoms with Crippen LogP contribution < -0.4 is 10.6 Å². The van der Waals surface area contributed by atoms with Crippen LogP contribution in [0, 0.1) is 12.3 Å². The molecule has 2 rings (SSSR count). The van der Waals surface area contributed by atoms with Gasteiger partial charge in [-0.05, 0) is 38.3 Å². The number of nitrogens with two attached hydrogens (primary N) is 1. The molecule has 3 N–H and O–H groups in total. The lowest BCUT2D eigenvalue weighted by Gasteiger charge is -2.37. The molecule has 4 nitrogen and oxygen atoms in total. The van der Waals surface area contributed by atoms with E-state index in [1.807, 2.05) is 6.07 Å². The number of rotatable bonds is 4. The van der Waals surface area contributed by atoms with Crippen molar-refractivity contribution in [2.24, 2.45) is 0 Å². The fraction of sp³-hybridized carbons (Fsp3) is 0.533. The van der Waals surface area contributed by atoms with Crippen molar-refractivity contribution in [1.82, 2.24) is 0 Å². The van der Waals surface area contributed by atoms with Crippen LogP contribution in [0.4, 0.5) is 11.4 Å². The molecule has 1 aromatic rings. The summed E-state index contributed by atoms with van der Waals surface area (Å²) in [6, 6.07) is 2.38. The minimum Gasteiger partial charge on any atom is -0.397 e. The molecule has 0 saturated carbocycles. The van der Waals surface area contributed by atoms with Crippen LogP contribution in [-0.2, 0) is 4.74 Å². The number of nitrogen functional groups attached to an aromatic ring is 1. The van der Waals surface area contributed by atoms with Crippen LogP contribution >= 0.6 is 15.9 Å². The van der Waals surface area contributed by atoms with E-state index in [2.05, 4.69) is 34.7 Å². The topological polar surface area (TPSA) is 62.3 Å². The molecule has 110 valence electrons. The molecule has 1 aromatic carbocycles. The van der Waals surface area contributed by atoms with Crippen LogP contribution in [0.2, 0.25) is 0 Å². The first-order chi connectivity index (χ1) is 9.60. The van der Waals surface area contributed by atoms with E-state index >= 15 is 0 Å². The summed E-state index contributed by atoms with van der Waals surface area (Å²) in [6.07, 6.45) is 3.37. The Kier molecular flexibility index (Phi) is 5.05. The van der Waals surface area contributed by atoms with E-state index in [0.29, 0.717) is 11.7 Å². The van der Waals surface area contributed by atoms with Gasteiger partial charge in [0.15, 0.2) is 0 Å². The number of nitrogens with one attached hydrogen (secondary N) is 1. The maximum atomic E-state index is 7.53. The first-order valence-corrected chi connectivity index (χ1v) is 7.82. The van der Waals surface area contributed by atoms with Crippen molar-refractivity contribution in [2.75, 3.05) is 30.4 Å². The normalized spacial score (nSPS) is 16.1. The van der Waals surface area contributed by atoms with Crippen molar-refractivity contribution in [3.8, 4) is 0 Å². The zero-order valence-electron chi connectivity index (χ0n) is 12.1. The number of anilines is 2. The first kappa shape index (κ1) is 15.3. The van der Waals surface area contributed by atoms with Gasteiger partial charge in [0.25, 0.3) is 0 Å². The zero-order valence-corrected chi connectivity index (χ0v) is 13.7. The predicted octanol–water partition coefficient (Wildman–Crippen LogP) is 3.34. The third-order valence-electron chi connectivity index (χ3n) is 3.98. The van der Waals surface area contributed by atoms with E-state index in [0.717, 1.165) is 53.9 Å². The molecule has 1 aliphatic rings. The number of benzene rings is 1. The SMILES string of the molecule is CCN(c1c(C)c(Br)cc(C=N)c1N)C1CCOCC1. The van der Waals surface area contributed by atoms with Gasteiger partial charge >= 0.3 is 0 Å². The molecule has 1 aliphatic heterocycles. The molecule has 0 spiro atoms. The summed E-state index contributed by atoms with van der Waals surface area (Å²) in [5, 5.41) is 7.53. The van der Waals surface area contributed by atoms with Gasteiger partial charge < -0.3 is 20.8 Å². The fourth-order valence-corrected chi connectivity index (χ4v) is 3.29. The summed E-state index contributed by atoms with van der Waals surface area (Å²) in [4.78, 5) is 2.37. The molecule has 0 unspecified atom stereocenters. The molecule has 1 heterocycles. The lowest BCUT2D eigenvalue weighted by atomic mass is 10.0. The van der Waals surface area contributed by atoms with Gasteiger partial charge in [-0.3, -0.25) is 0 Å². The minimum atomic E-state index is 0.461. The number of hydrogen-bond acceptors (Lipinski definition) is 4. The van der Waals surface area contributed by atoms with Gasteiger partial charge in [0.1, 0.15) is 0 Å². The van der Waals surface area contributed by atoms with E-state index in [-0.39, 0.29) is 0 Å². The van der Waals surface area contributed by atoms with E-state index in [1.54, 1.807) is 0 Å². The zero-order chi connectivity index (χ0) is 14.7. The van der Waals surface area contributed by atoms with Crippen LogP contribution in [0.1, 0.15) is 30.9 Å². The lowest BCUT2D eigenvalue weighted by Crippen LogP contribution is -2.40. The molecule has 0 aliphatic carbocycles. The van der Waals surface area contributed by atoms with E-state index in [9.17, 15) is 0 Å². The largest absolute Gasteiger partial charge is 0.397 e. The van der Waals surface area contributed by atoms with Gasteiger partial charge in [0.2, 0.25) is 0 Å². The summed E-state index contributed by atoms with van der Waals surface area (Å²) in [6.45, 7) is 6.76. The molecule has 0 aromatic heterocycles. The van der Waals surface area contributed by atoms with Crippen LogP contribution in [0.3, 0.4) is 0 Å². The van der Waals surface area contributed by atoms with Crippen molar-refractivity contribution in [3.63, 3.8) is 0 Å². The Balaban J connectivity index is 2.47. The Morgan fingerprint density at radius 3 is 2.70 bits per heavy atom. The third kappa shape index (κ3) is 2.83. The molecule has 5 heteroatoms. The average Bonchev–Trinajstić information content (AvgIpc) is 2.48. The van der Waals surface area contributed by atoms with Crippen molar-refractivity contribution in [2.45, 2.75) is 32.7 Å². The van der Waals surface area contributed by atoms with E-state index in [4.69, 9.17) is 15.9 Å². The van der Waals surface area contributed by atoms with Gasteiger partial charge in [-0.1, -0.05) is 15.9 Å². The Morgan fingerprint density at radius 1 is 1.50 bits per heavy atom. The quantitative estimate of drug-likeness (QED) is 0.653. The summed E-state index contributed by atoms with van der Waals surface area (Å²) >= 11 is 3.58. The van der Waals surface area contributed by atoms with Crippen LogP contribution in [0.15, 0.2) is 10.5 Å². The second-order valence-corrected chi connectivity index (χ2v) is 5.96. The second-order valence-electron chi connectivity index (χ2n) is 5.11. The smallest absolute Gasteiger partial charge is 0.0650 e. The molecular formula is C15H22BrN3O. The summed E-state index contributed by atoms with van der Waals surface area (Å²) in [5.74, 6) is 0. The second kappa shape index (κ2) is 6.59. The van der Waals surface area contributed by atoms with Gasteiger partial charge in [-0.2, -0.15) is 0 Å². The maximum Gasteiger partial charge on any atom is 0.0650 e. The molecule has 1 fully saturated rings. The summed E-state index contributed by atoms with van der Waals surface area (Å²) < 4.78 is 6.46. The van der Waals surface area contributed by atoms with Gasteiger partial charge in [0.05, 0.1) is 11.4 Å². The number of ether oxygens (including phenoxy) is 1. The van der Waals surface area contributed by atoms with Crippen molar-refractivity contribution in [3.05, 3.63) is 21.7 Å². The molecule has 0 bridgehead atoms. The van der Waals surface area contributed by atoms with Gasteiger partial charge in [0, 0.05) is 42.1 Å². The Morgan fingerprint density at radius 2 is 2.15 bits per heavy atom. The molecule has 0 radical (unpaired) electrons. The van der Waals surface area contributed by atoms with Gasteiger partial charge in [-0.15, -0.1) is 0 Å². The summed E-state index contributed by atoms with van der Waals surface area (Å²) in [7, 11) is 0. The highest BCUT2D eigenvalue weighted by molar-refractivity contribution is 9.10. The predicted molar refractivity (Wildman–Crippen MR) is 88.0 cm³/mol. The third-order valence-corrected chi connectivity index (χ3v) is 4.80. The monoisotopic (exact) mass is 339 g/mol. The number of halogens is 1. The lowest BCUT2D eigenvalue weighted by molar-refractivity contribution is 0.0846. The van der Waals surface area contributed by atoms with E-state index in [1.165, 1.54) is 6.21 Å². The van der Waals surface area contributed by atoms with Crippen LogP contribution in [-0.4, -0.2) is 32.0 Å². The minimum absolute atomic E-state index is 0.461. The molecule has 1 saturated heterocycles. The molecule has 0 amide bonds. The highest BCUT2D eigenvalue weighted by Crippen LogP contribution is 2.37. The van der Waals surface area contributed by atoms with Crippen molar-refractivity contribution in [1.29, 1.82) is 5.41 Å².